The Morgan fingerprint density at radius 2 is 2.28 bits per heavy atom. The number of nitrogens with zero attached hydrogens (tertiary/aromatic N) is 3. The minimum atomic E-state index is -0.399. The van der Waals surface area contributed by atoms with Gasteiger partial charge in [-0.05, 0) is 11.4 Å². The molecule has 0 N–H and O–H groups in total. The Labute approximate surface area is 107 Å². The Balaban J connectivity index is 2.01. The van der Waals surface area contributed by atoms with Gasteiger partial charge < -0.3 is 0 Å². The molecule has 0 amide bonds. The SMILES string of the molecule is O=C1CC(=O)[C@@H](n2cncn2)[C@@H](c2cccs2)C1. The zero-order valence-corrected chi connectivity index (χ0v) is 10.3. The molecule has 0 bridgehead atoms. The Bertz CT molecular complexity index is 562. The first-order valence-corrected chi connectivity index (χ1v) is 6.55. The van der Waals surface area contributed by atoms with Gasteiger partial charge in [-0.15, -0.1) is 11.3 Å². The molecule has 0 radical (unpaired) electrons. The van der Waals surface area contributed by atoms with Crippen LogP contribution < -0.4 is 0 Å². The number of rotatable bonds is 2. The van der Waals surface area contributed by atoms with Gasteiger partial charge in [-0.3, -0.25) is 9.59 Å². The van der Waals surface area contributed by atoms with Gasteiger partial charge in [0.05, 0.1) is 6.42 Å². The van der Waals surface area contributed by atoms with E-state index in [1.165, 1.54) is 6.33 Å². The van der Waals surface area contributed by atoms with Crippen LogP contribution in [-0.2, 0) is 9.59 Å². The molecular weight excluding hydrogens is 250 g/mol. The fourth-order valence-corrected chi connectivity index (χ4v) is 3.26. The third-order valence-corrected chi connectivity index (χ3v) is 4.16. The Hall–Kier alpha value is -1.82. The van der Waals surface area contributed by atoms with Crippen molar-refractivity contribution in [2.24, 2.45) is 0 Å². The maximum absolute atomic E-state index is 12.1. The molecule has 1 aliphatic rings. The lowest BCUT2D eigenvalue weighted by atomic mass is 9.82. The maximum Gasteiger partial charge on any atom is 0.165 e. The van der Waals surface area contributed by atoms with Crippen LogP contribution in [0.15, 0.2) is 30.2 Å². The van der Waals surface area contributed by atoms with Gasteiger partial charge in [-0.2, -0.15) is 5.10 Å². The fourth-order valence-electron chi connectivity index (χ4n) is 2.40. The van der Waals surface area contributed by atoms with E-state index in [1.807, 2.05) is 17.5 Å². The third-order valence-electron chi connectivity index (χ3n) is 3.16. The molecule has 2 atom stereocenters. The molecule has 0 saturated heterocycles. The predicted octanol–water partition coefficient (Wildman–Crippen LogP) is 1.60. The summed E-state index contributed by atoms with van der Waals surface area (Å²) in [7, 11) is 0. The van der Waals surface area contributed by atoms with Gasteiger partial charge in [0, 0.05) is 17.2 Å². The van der Waals surface area contributed by atoms with Gasteiger partial charge in [-0.25, -0.2) is 9.67 Å². The van der Waals surface area contributed by atoms with Crippen molar-refractivity contribution in [1.29, 1.82) is 0 Å². The first kappa shape index (κ1) is 11.3. The number of Topliss-reactive ketones (excluding diaryl/α,β-unsaturated/α-hetero) is 2. The third kappa shape index (κ3) is 1.88. The van der Waals surface area contributed by atoms with E-state index in [2.05, 4.69) is 10.1 Å². The van der Waals surface area contributed by atoms with Crippen molar-refractivity contribution in [3.63, 3.8) is 0 Å². The number of hydrogen-bond acceptors (Lipinski definition) is 5. The molecule has 2 aromatic rings. The molecule has 2 aromatic heterocycles. The smallest absolute Gasteiger partial charge is 0.165 e. The number of ketones is 2. The lowest BCUT2D eigenvalue weighted by Crippen LogP contribution is -2.34. The average Bonchev–Trinajstić information content (AvgIpc) is 3.01. The van der Waals surface area contributed by atoms with Crippen molar-refractivity contribution in [3.05, 3.63) is 35.0 Å². The zero-order valence-electron chi connectivity index (χ0n) is 9.52. The van der Waals surface area contributed by atoms with Crippen molar-refractivity contribution < 1.29 is 9.59 Å². The van der Waals surface area contributed by atoms with Crippen molar-refractivity contribution in [1.82, 2.24) is 14.8 Å². The molecule has 1 saturated carbocycles. The molecule has 92 valence electrons. The summed E-state index contributed by atoms with van der Waals surface area (Å²) in [5.41, 5.74) is 0. The molecule has 18 heavy (non-hydrogen) atoms. The first-order chi connectivity index (χ1) is 8.75. The van der Waals surface area contributed by atoms with Gasteiger partial charge in [0.15, 0.2) is 5.78 Å². The molecule has 0 unspecified atom stereocenters. The van der Waals surface area contributed by atoms with Gasteiger partial charge in [-0.1, -0.05) is 6.07 Å². The summed E-state index contributed by atoms with van der Waals surface area (Å²) in [6.07, 6.45) is 3.36. The number of hydrogen-bond donors (Lipinski definition) is 0. The van der Waals surface area contributed by atoms with E-state index in [-0.39, 0.29) is 23.9 Å². The van der Waals surface area contributed by atoms with Crippen LogP contribution in [0.2, 0.25) is 0 Å². The second kappa shape index (κ2) is 4.45. The summed E-state index contributed by atoms with van der Waals surface area (Å²) in [6.45, 7) is 0. The molecule has 0 aliphatic heterocycles. The largest absolute Gasteiger partial charge is 0.299 e. The minimum absolute atomic E-state index is 0.00635. The highest BCUT2D eigenvalue weighted by atomic mass is 32.1. The van der Waals surface area contributed by atoms with Crippen LogP contribution in [0, 0.1) is 0 Å². The molecule has 1 aliphatic carbocycles. The van der Waals surface area contributed by atoms with E-state index in [0.717, 1.165) is 4.88 Å². The van der Waals surface area contributed by atoms with Crippen LogP contribution in [0.5, 0.6) is 0 Å². The molecule has 3 rings (SSSR count). The van der Waals surface area contributed by atoms with E-state index >= 15 is 0 Å². The molecule has 1 fully saturated rings. The van der Waals surface area contributed by atoms with E-state index in [1.54, 1.807) is 22.3 Å². The highest BCUT2D eigenvalue weighted by Gasteiger charge is 2.39. The monoisotopic (exact) mass is 261 g/mol. The van der Waals surface area contributed by atoms with E-state index < -0.39 is 6.04 Å². The molecule has 0 spiro atoms. The fraction of sp³-hybridized carbons (Fsp3) is 0.333. The summed E-state index contributed by atoms with van der Waals surface area (Å²) in [5.74, 6) is -0.176. The normalized spacial score (nSPS) is 24.4. The van der Waals surface area contributed by atoms with Crippen LogP contribution in [-0.4, -0.2) is 26.3 Å². The maximum atomic E-state index is 12.1. The summed E-state index contributed by atoms with van der Waals surface area (Å²) in [6, 6.07) is 3.50. The molecule has 0 aromatic carbocycles. The molecule has 5 nitrogen and oxygen atoms in total. The second-order valence-corrected chi connectivity index (χ2v) is 5.31. The van der Waals surface area contributed by atoms with Crippen LogP contribution in [0.4, 0.5) is 0 Å². The van der Waals surface area contributed by atoms with Crippen LogP contribution >= 0.6 is 11.3 Å². The van der Waals surface area contributed by atoms with Crippen molar-refractivity contribution in [3.8, 4) is 0 Å². The van der Waals surface area contributed by atoms with Crippen LogP contribution in [0.25, 0.3) is 0 Å². The Kier molecular flexibility index (Phi) is 2.79. The molecular formula is C12H11N3O2S. The van der Waals surface area contributed by atoms with Gasteiger partial charge >= 0.3 is 0 Å². The number of aromatic nitrogens is 3. The standard InChI is InChI=1S/C12H11N3O2S/c16-8-4-9(11-2-1-3-18-11)12(10(17)5-8)15-7-13-6-14-15/h1-3,6-7,9,12H,4-5H2/t9-,12+/m1/s1. The van der Waals surface area contributed by atoms with E-state index in [4.69, 9.17) is 0 Å². The van der Waals surface area contributed by atoms with Crippen molar-refractivity contribution in [2.45, 2.75) is 24.8 Å². The number of thiophene rings is 1. The van der Waals surface area contributed by atoms with Crippen molar-refractivity contribution >= 4 is 22.9 Å². The summed E-state index contributed by atoms with van der Waals surface area (Å²) >= 11 is 1.57. The first-order valence-electron chi connectivity index (χ1n) is 5.67. The highest BCUT2D eigenvalue weighted by Crippen LogP contribution is 2.39. The quantitative estimate of drug-likeness (QED) is 0.770. The molecule has 2 heterocycles. The second-order valence-electron chi connectivity index (χ2n) is 4.33. The zero-order chi connectivity index (χ0) is 12.5. The van der Waals surface area contributed by atoms with Gasteiger partial charge in [0.25, 0.3) is 0 Å². The lowest BCUT2D eigenvalue weighted by molar-refractivity contribution is -0.133. The minimum Gasteiger partial charge on any atom is -0.299 e. The highest BCUT2D eigenvalue weighted by molar-refractivity contribution is 7.10. The lowest BCUT2D eigenvalue weighted by Gasteiger charge is -2.28. The van der Waals surface area contributed by atoms with Gasteiger partial charge in [0.2, 0.25) is 0 Å². The Morgan fingerprint density at radius 1 is 1.39 bits per heavy atom. The summed E-state index contributed by atoms with van der Waals surface area (Å²) in [5, 5.41) is 6.01. The van der Waals surface area contributed by atoms with E-state index in [0.29, 0.717) is 6.42 Å². The summed E-state index contributed by atoms with van der Waals surface area (Å²) in [4.78, 5) is 28.7. The van der Waals surface area contributed by atoms with Crippen molar-refractivity contribution in [2.75, 3.05) is 0 Å². The average molecular weight is 261 g/mol. The van der Waals surface area contributed by atoms with E-state index in [9.17, 15) is 9.59 Å². The van der Waals surface area contributed by atoms with Crippen LogP contribution in [0.3, 0.4) is 0 Å². The number of carbonyl (C=O) groups is 2. The Morgan fingerprint density at radius 3 is 2.94 bits per heavy atom. The molecule has 6 heteroatoms. The predicted molar refractivity (Wildman–Crippen MR) is 65.4 cm³/mol. The summed E-state index contributed by atoms with van der Waals surface area (Å²) < 4.78 is 1.57. The number of carbonyl (C=O) groups excluding carboxylic acids is 2. The van der Waals surface area contributed by atoms with Gasteiger partial charge in [0.1, 0.15) is 24.5 Å². The van der Waals surface area contributed by atoms with Crippen LogP contribution in [0.1, 0.15) is 29.7 Å². The topological polar surface area (TPSA) is 64.8 Å².